The molecule has 3 aromatic rings. The molecule has 1 N–H and O–H groups in total. The van der Waals surface area contributed by atoms with Gasteiger partial charge < -0.3 is 5.32 Å². The van der Waals surface area contributed by atoms with E-state index in [0.717, 1.165) is 20.8 Å². The van der Waals surface area contributed by atoms with Crippen LogP contribution in [0, 0.1) is 13.8 Å². The van der Waals surface area contributed by atoms with E-state index >= 15 is 0 Å². The number of thioether (sulfide) groups is 1. The Hall–Kier alpha value is -1.99. The first-order valence-electron chi connectivity index (χ1n) is 7.14. The third kappa shape index (κ3) is 3.68. The number of aryl methyl sites for hydroxylation is 2. The van der Waals surface area contributed by atoms with Crippen molar-refractivity contribution >= 4 is 39.2 Å². The van der Waals surface area contributed by atoms with Crippen molar-refractivity contribution in [3.8, 4) is 0 Å². The lowest BCUT2D eigenvalue weighted by molar-refractivity contribution is -0.118. The monoisotopic (exact) mass is 344 g/mol. The number of hydrogen-bond donors (Lipinski definition) is 1. The van der Waals surface area contributed by atoms with E-state index < -0.39 is 0 Å². The van der Waals surface area contributed by atoms with Crippen molar-refractivity contribution in [3.05, 3.63) is 46.9 Å². The lowest BCUT2D eigenvalue weighted by atomic mass is 10.2. The molecular weight excluding hydrogens is 328 g/mol. The van der Waals surface area contributed by atoms with E-state index in [1.807, 2.05) is 12.1 Å². The second kappa shape index (κ2) is 7.06. The topological polar surface area (TPSA) is 67.8 Å². The Morgan fingerprint density at radius 3 is 3.00 bits per heavy atom. The molecule has 0 saturated heterocycles. The number of hydrogen-bond acceptors (Lipinski definition) is 6. The van der Waals surface area contributed by atoms with E-state index in [1.54, 1.807) is 30.1 Å². The molecule has 0 spiro atoms. The second-order valence-electron chi connectivity index (χ2n) is 5.07. The summed E-state index contributed by atoms with van der Waals surface area (Å²) < 4.78 is 0. The highest BCUT2D eigenvalue weighted by Crippen LogP contribution is 2.34. The fourth-order valence-electron chi connectivity index (χ4n) is 2.15. The van der Waals surface area contributed by atoms with Gasteiger partial charge in [-0.15, -0.1) is 11.3 Å². The molecule has 23 heavy (non-hydrogen) atoms. The van der Waals surface area contributed by atoms with Crippen LogP contribution in [0.5, 0.6) is 0 Å². The molecule has 118 valence electrons. The number of nitrogens with one attached hydrogen (secondary N) is 1. The molecule has 0 aliphatic heterocycles. The van der Waals surface area contributed by atoms with Crippen molar-refractivity contribution in [2.75, 3.05) is 5.75 Å². The molecule has 5 nitrogen and oxygen atoms in total. The number of pyridine rings is 1. The third-order valence-corrected chi connectivity index (χ3v) is 5.59. The van der Waals surface area contributed by atoms with Gasteiger partial charge in [0.1, 0.15) is 16.2 Å². The number of aromatic nitrogens is 3. The van der Waals surface area contributed by atoms with Crippen molar-refractivity contribution < 1.29 is 4.79 Å². The second-order valence-corrected chi connectivity index (χ2v) is 7.24. The Morgan fingerprint density at radius 1 is 1.35 bits per heavy atom. The Balaban J connectivity index is 1.63. The zero-order valence-electron chi connectivity index (χ0n) is 12.9. The first kappa shape index (κ1) is 15.9. The van der Waals surface area contributed by atoms with Gasteiger partial charge in [0.25, 0.3) is 0 Å². The van der Waals surface area contributed by atoms with Crippen LogP contribution in [0.4, 0.5) is 0 Å². The van der Waals surface area contributed by atoms with Crippen LogP contribution in [0.1, 0.15) is 16.0 Å². The minimum Gasteiger partial charge on any atom is -0.351 e. The van der Waals surface area contributed by atoms with Gasteiger partial charge in [-0.05, 0) is 31.0 Å². The van der Waals surface area contributed by atoms with Crippen molar-refractivity contribution in [2.45, 2.75) is 25.4 Å². The maximum absolute atomic E-state index is 12.0. The molecule has 0 bridgehead atoms. The highest BCUT2D eigenvalue weighted by Gasteiger charge is 2.13. The summed E-state index contributed by atoms with van der Waals surface area (Å²) in [7, 11) is 0. The van der Waals surface area contributed by atoms with Crippen LogP contribution in [0.2, 0.25) is 0 Å². The molecule has 0 fully saturated rings. The van der Waals surface area contributed by atoms with Crippen molar-refractivity contribution in [2.24, 2.45) is 0 Å². The zero-order valence-corrected chi connectivity index (χ0v) is 14.5. The Morgan fingerprint density at radius 2 is 2.22 bits per heavy atom. The minimum atomic E-state index is -0.0183. The quantitative estimate of drug-likeness (QED) is 0.569. The summed E-state index contributed by atoms with van der Waals surface area (Å²) in [5, 5.41) is 4.83. The van der Waals surface area contributed by atoms with Crippen LogP contribution in [-0.4, -0.2) is 26.6 Å². The molecule has 1 amide bonds. The molecule has 0 saturated carbocycles. The predicted molar refractivity (Wildman–Crippen MR) is 93.7 cm³/mol. The lowest BCUT2D eigenvalue weighted by Crippen LogP contribution is -2.24. The molecule has 3 aromatic heterocycles. The SMILES string of the molecule is Cc1sc2ncnc(SCC(=O)NCc3cccnc3)c2c1C. The number of carbonyl (C=O) groups excluding carboxylic acids is 1. The molecule has 3 heterocycles. The third-order valence-electron chi connectivity index (χ3n) is 3.48. The lowest BCUT2D eigenvalue weighted by Gasteiger charge is -2.05. The van der Waals surface area contributed by atoms with E-state index in [-0.39, 0.29) is 5.91 Å². The predicted octanol–water partition coefficient (Wildman–Crippen LogP) is 3.11. The fourth-order valence-corrected chi connectivity index (χ4v) is 4.09. The smallest absolute Gasteiger partial charge is 0.230 e. The molecule has 0 atom stereocenters. The summed E-state index contributed by atoms with van der Waals surface area (Å²) in [6.07, 6.45) is 5.03. The molecule has 0 aromatic carbocycles. The van der Waals surface area contributed by atoms with E-state index in [2.05, 4.69) is 34.1 Å². The molecule has 3 rings (SSSR count). The highest BCUT2D eigenvalue weighted by atomic mass is 32.2. The Labute approximate surface area is 142 Å². The number of nitrogens with zero attached hydrogens (tertiary/aromatic N) is 3. The van der Waals surface area contributed by atoms with E-state index in [9.17, 15) is 4.79 Å². The summed E-state index contributed by atoms with van der Waals surface area (Å²) in [6.45, 7) is 4.64. The van der Waals surface area contributed by atoms with Crippen LogP contribution in [-0.2, 0) is 11.3 Å². The minimum absolute atomic E-state index is 0.0183. The van der Waals surface area contributed by atoms with Gasteiger partial charge in [-0.3, -0.25) is 9.78 Å². The molecule has 0 radical (unpaired) electrons. The van der Waals surface area contributed by atoms with Crippen LogP contribution in [0.25, 0.3) is 10.2 Å². The normalized spacial score (nSPS) is 10.9. The number of amides is 1. The summed E-state index contributed by atoms with van der Waals surface area (Å²) in [4.78, 5) is 26.9. The summed E-state index contributed by atoms with van der Waals surface area (Å²) in [6, 6.07) is 3.79. The van der Waals surface area contributed by atoms with Crippen LogP contribution in [0.3, 0.4) is 0 Å². The highest BCUT2D eigenvalue weighted by molar-refractivity contribution is 8.00. The standard InChI is InChI=1S/C16H16N4OS2/c1-10-11(2)23-16-14(10)15(19-9-20-16)22-8-13(21)18-7-12-4-3-5-17-6-12/h3-6,9H,7-8H2,1-2H3,(H,18,21). The van der Waals surface area contributed by atoms with E-state index in [1.165, 1.54) is 22.2 Å². The van der Waals surface area contributed by atoms with E-state index in [0.29, 0.717) is 12.3 Å². The van der Waals surface area contributed by atoms with Gasteiger partial charge in [-0.25, -0.2) is 9.97 Å². The average Bonchev–Trinajstić information content (AvgIpc) is 2.87. The first-order chi connectivity index (χ1) is 11.1. The number of rotatable bonds is 5. The number of carbonyl (C=O) groups is 1. The van der Waals surface area contributed by atoms with Gasteiger partial charge in [0.2, 0.25) is 5.91 Å². The largest absolute Gasteiger partial charge is 0.351 e. The average molecular weight is 344 g/mol. The van der Waals surface area contributed by atoms with Gasteiger partial charge >= 0.3 is 0 Å². The van der Waals surface area contributed by atoms with Gasteiger partial charge in [0.15, 0.2) is 0 Å². The van der Waals surface area contributed by atoms with Crippen LogP contribution < -0.4 is 5.32 Å². The number of fused-ring (bicyclic) bond motifs is 1. The molecule has 0 aliphatic carbocycles. The summed E-state index contributed by atoms with van der Waals surface area (Å²) in [5.74, 6) is 0.316. The molecule has 0 unspecified atom stereocenters. The van der Waals surface area contributed by atoms with Crippen LogP contribution >= 0.6 is 23.1 Å². The van der Waals surface area contributed by atoms with Crippen molar-refractivity contribution in [3.63, 3.8) is 0 Å². The van der Waals surface area contributed by atoms with E-state index in [4.69, 9.17) is 0 Å². The van der Waals surface area contributed by atoms with Gasteiger partial charge in [-0.1, -0.05) is 17.8 Å². The van der Waals surface area contributed by atoms with Gasteiger partial charge in [-0.2, -0.15) is 0 Å². The molecule has 7 heteroatoms. The number of thiophene rings is 1. The van der Waals surface area contributed by atoms with Crippen LogP contribution in [0.15, 0.2) is 35.9 Å². The zero-order chi connectivity index (χ0) is 16.2. The van der Waals surface area contributed by atoms with Gasteiger partial charge in [0, 0.05) is 29.2 Å². The molecular formula is C16H16N4OS2. The fraction of sp³-hybridized carbons (Fsp3) is 0.250. The first-order valence-corrected chi connectivity index (χ1v) is 8.94. The van der Waals surface area contributed by atoms with Crippen molar-refractivity contribution in [1.82, 2.24) is 20.3 Å². The summed E-state index contributed by atoms with van der Waals surface area (Å²) >= 11 is 3.11. The Kier molecular flexibility index (Phi) is 4.88. The summed E-state index contributed by atoms with van der Waals surface area (Å²) in [5.41, 5.74) is 2.18. The maximum atomic E-state index is 12.0. The molecule has 0 aliphatic rings. The van der Waals surface area contributed by atoms with Crippen molar-refractivity contribution in [1.29, 1.82) is 0 Å². The maximum Gasteiger partial charge on any atom is 0.230 e. The Bertz CT molecular complexity index is 833. The van der Waals surface area contributed by atoms with Gasteiger partial charge in [0.05, 0.1) is 5.75 Å².